The summed E-state index contributed by atoms with van der Waals surface area (Å²) < 4.78 is 0. The third-order valence-corrected chi connectivity index (χ3v) is 9.70. The zero-order valence-corrected chi connectivity index (χ0v) is 29.7. The van der Waals surface area contributed by atoms with Gasteiger partial charge in [-0.1, -0.05) is 212 Å². The monoisotopic (exact) mass is 623 g/mol. The Morgan fingerprint density at radius 3 is 0.818 bits per heavy atom. The molecule has 0 radical (unpaired) electrons. The van der Waals surface area contributed by atoms with E-state index in [1.54, 1.807) is 0 Å². The summed E-state index contributed by atoms with van der Waals surface area (Å²) in [6.07, 6.45) is 45.3. The molecule has 0 aliphatic heterocycles. The van der Waals surface area contributed by atoms with Crippen LogP contribution in [-0.4, -0.2) is 22.2 Å². The summed E-state index contributed by atoms with van der Waals surface area (Å²) in [5.74, 6) is -1.37. The Labute approximate surface area is 275 Å². The van der Waals surface area contributed by atoms with Crippen LogP contribution in [-0.2, 0) is 9.59 Å². The molecule has 0 aromatic heterocycles. The van der Waals surface area contributed by atoms with Crippen molar-refractivity contribution in [2.45, 2.75) is 238 Å². The Morgan fingerprint density at radius 2 is 0.591 bits per heavy atom. The predicted octanol–water partition coefficient (Wildman–Crippen LogP) is 13.8. The molecule has 1 unspecified atom stereocenters. The molecule has 0 aromatic rings. The molecule has 4 nitrogen and oxygen atoms in total. The standard InChI is InChI=1S/C40H78O4/c1-2-3-4-5-6-7-8-9-10-11-12-14-17-20-23-26-29-32-35-38(40(43)44)36-33-30-27-24-21-18-15-13-16-19-22-25-28-31-34-37-39(41)42/h38H,2-37H2,1H3,(H,41,42)(H,43,44). The van der Waals surface area contributed by atoms with Crippen molar-refractivity contribution in [1.82, 2.24) is 0 Å². The summed E-state index contributed by atoms with van der Waals surface area (Å²) in [6.45, 7) is 2.29. The molecule has 0 bridgehead atoms. The van der Waals surface area contributed by atoms with Crippen LogP contribution in [0, 0.1) is 5.92 Å². The van der Waals surface area contributed by atoms with Gasteiger partial charge in [0.25, 0.3) is 0 Å². The van der Waals surface area contributed by atoms with Crippen molar-refractivity contribution < 1.29 is 19.8 Å². The summed E-state index contributed by atoms with van der Waals surface area (Å²) in [4.78, 5) is 22.2. The number of aliphatic carboxylic acids is 2. The highest BCUT2D eigenvalue weighted by atomic mass is 16.4. The van der Waals surface area contributed by atoms with Gasteiger partial charge in [-0.3, -0.25) is 9.59 Å². The summed E-state index contributed by atoms with van der Waals surface area (Å²) >= 11 is 0. The second-order valence-corrected chi connectivity index (χ2v) is 14.1. The van der Waals surface area contributed by atoms with Crippen LogP contribution in [0.4, 0.5) is 0 Å². The third kappa shape index (κ3) is 35.4. The lowest BCUT2D eigenvalue weighted by Gasteiger charge is -2.12. The fourth-order valence-corrected chi connectivity index (χ4v) is 6.65. The second kappa shape index (κ2) is 36.4. The average molecular weight is 623 g/mol. The molecule has 0 heterocycles. The zero-order chi connectivity index (χ0) is 32.2. The number of hydrogen-bond acceptors (Lipinski definition) is 2. The van der Waals surface area contributed by atoms with Crippen LogP contribution in [0.5, 0.6) is 0 Å². The first kappa shape index (κ1) is 42.9. The molecular formula is C40H78O4. The van der Waals surface area contributed by atoms with Crippen LogP contribution in [0.15, 0.2) is 0 Å². The van der Waals surface area contributed by atoms with E-state index in [2.05, 4.69) is 6.92 Å². The lowest BCUT2D eigenvalue weighted by Crippen LogP contribution is -2.13. The molecule has 2 N–H and O–H groups in total. The Bertz CT molecular complexity index is 590. The fourth-order valence-electron chi connectivity index (χ4n) is 6.65. The van der Waals surface area contributed by atoms with Crippen LogP contribution in [0.2, 0.25) is 0 Å². The molecule has 0 spiro atoms. The lowest BCUT2D eigenvalue weighted by molar-refractivity contribution is -0.142. The van der Waals surface area contributed by atoms with Gasteiger partial charge in [0.1, 0.15) is 0 Å². The van der Waals surface area contributed by atoms with Gasteiger partial charge in [-0.2, -0.15) is 0 Å². The van der Waals surface area contributed by atoms with E-state index >= 15 is 0 Å². The van der Waals surface area contributed by atoms with E-state index in [1.807, 2.05) is 0 Å². The van der Waals surface area contributed by atoms with E-state index in [0.29, 0.717) is 6.42 Å². The summed E-state index contributed by atoms with van der Waals surface area (Å²) in [6, 6.07) is 0. The van der Waals surface area contributed by atoms with Gasteiger partial charge in [0.05, 0.1) is 5.92 Å². The quantitative estimate of drug-likeness (QED) is 0.0672. The lowest BCUT2D eigenvalue weighted by atomic mass is 9.94. The highest BCUT2D eigenvalue weighted by Gasteiger charge is 2.16. The number of hydrogen-bond donors (Lipinski definition) is 2. The molecule has 0 amide bonds. The topological polar surface area (TPSA) is 74.6 Å². The molecule has 0 fully saturated rings. The van der Waals surface area contributed by atoms with E-state index in [1.165, 1.54) is 186 Å². The Morgan fingerprint density at radius 1 is 0.364 bits per heavy atom. The molecule has 0 aliphatic carbocycles. The Kier molecular flexibility index (Phi) is 35.5. The molecular weight excluding hydrogens is 544 g/mol. The van der Waals surface area contributed by atoms with Crippen LogP contribution in [0.25, 0.3) is 0 Å². The number of carboxylic acid groups (broad SMARTS) is 2. The van der Waals surface area contributed by atoms with Crippen molar-refractivity contribution in [3.05, 3.63) is 0 Å². The van der Waals surface area contributed by atoms with E-state index in [-0.39, 0.29) is 5.92 Å². The normalized spacial score (nSPS) is 12.1. The van der Waals surface area contributed by atoms with Crippen LogP contribution in [0.1, 0.15) is 238 Å². The van der Waals surface area contributed by atoms with E-state index in [0.717, 1.165) is 38.5 Å². The van der Waals surface area contributed by atoms with Crippen LogP contribution < -0.4 is 0 Å². The zero-order valence-electron chi connectivity index (χ0n) is 29.7. The van der Waals surface area contributed by atoms with E-state index < -0.39 is 11.9 Å². The molecule has 44 heavy (non-hydrogen) atoms. The van der Waals surface area contributed by atoms with Gasteiger partial charge in [0, 0.05) is 6.42 Å². The van der Waals surface area contributed by atoms with Crippen molar-refractivity contribution >= 4 is 11.9 Å². The van der Waals surface area contributed by atoms with E-state index in [9.17, 15) is 14.7 Å². The minimum absolute atomic E-state index is 0.124. The van der Waals surface area contributed by atoms with Gasteiger partial charge in [-0.25, -0.2) is 0 Å². The molecule has 0 aromatic carbocycles. The van der Waals surface area contributed by atoms with Gasteiger partial charge < -0.3 is 10.2 Å². The van der Waals surface area contributed by atoms with Gasteiger partial charge in [0.15, 0.2) is 0 Å². The molecule has 0 saturated carbocycles. The summed E-state index contributed by atoms with van der Waals surface area (Å²) in [5.41, 5.74) is 0. The molecule has 0 rings (SSSR count). The van der Waals surface area contributed by atoms with Crippen molar-refractivity contribution in [3.8, 4) is 0 Å². The van der Waals surface area contributed by atoms with Crippen LogP contribution >= 0.6 is 0 Å². The molecule has 0 aliphatic rings. The maximum absolute atomic E-state index is 11.7. The summed E-state index contributed by atoms with van der Waals surface area (Å²) in [5, 5.41) is 18.3. The van der Waals surface area contributed by atoms with Gasteiger partial charge in [-0.05, 0) is 19.3 Å². The largest absolute Gasteiger partial charge is 0.481 e. The minimum atomic E-state index is -0.669. The first-order chi connectivity index (χ1) is 21.6. The van der Waals surface area contributed by atoms with Gasteiger partial charge >= 0.3 is 11.9 Å². The van der Waals surface area contributed by atoms with Crippen molar-refractivity contribution in [2.75, 3.05) is 0 Å². The summed E-state index contributed by atoms with van der Waals surface area (Å²) in [7, 11) is 0. The third-order valence-electron chi connectivity index (χ3n) is 9.70. The van der Waals surface area contributed by atoms with Gasteiger partial charge in [-0.15, -0.1) is 0 Å². The number of carboxylic acids is 2. The second-order valence-electron chi connectivity index (χ2n) is 14.1. The Hall–Kier alpha value is -1.06. The molecule has 0 saturated heterocycles. The number of unbranched alkanes of at least 4 members (excludes halogenated alkanes) is 31. The van der Waals surface area contributed by atoms with Crippen molar-refractivity contribution in [1.29, 1.82) is 0 Å². The molecule has 1 atom stereocenters. The first-order valence-corrected chi connectivity index (χ1v) is 20.0. The number of rotatable bonds is 38. The average Bonchev–Trinajstić information content (AvgIpc) is 3.00. The van der Waals surface area contributed by atoms with Crippen molar-refractivity contribution in [3.63, 3.8) is 0 Å². The Balaban J connectivity index is 3.37. The SMILES string of the molecule is CCCCCCCCCCCCCCCCCCCCC(CCCCCCCCCCCCCCCCCC(=O)O)C(=O)O. The first-order valence-electron chi connectivity index (χ1n) is 20.0. The molecule has 4 heteroatoms. The smallest absolute Gasteiger partial charge is 0.306 e. The number of carbonyl (C=O) groups is 2. The molecule has 262 valence electrons. The maximum atomic E-state index is 11.7. The highest BCUT2D eigenvalue weighted by molar-refractivity contribution is 5.69. The maximum Gasteiger partial charge on any atom is 0.306 e. The van der Waals surface area contributed by atoms with Crippen LogP contribution in [0.3, 0.4) is 0 Å². The van der Waals surface area contributed by atoms with Gasteiger partial charge in [0.2, 0.25) is 0 Å². The fraction of sp³-hybridized carbons (Fsp3) is 0.950. The van der Waals surface area contributed by atoms with Crippen molar-refractivity contribution in [2.24, 2.45) is 5.92 Å². The highest BCUT2D eigenvalue weighted by Crippen LogP contribution is 2.21. The minimum Gasteiger partial charge on any atom is -0.481 e. The van der Waals surface area contributed by atoms with E-state index in [4.69, 9.17) is 5.11 Å². The predicted molar refractivity (Wildman–Crippen MR) is 191 cm³/mol.